The van der Waals surface area contributed by atoms with Crippen LogP contribution in [0.2, 0.25) is 10.0 Å². The van der Waals surface area contributed by atoms with Gasteiger partial charge in [-0.05, 0) is 41.8 Å². The van der Waals surface area contributed by atoms with E-state index in [0.29, 0.717) is 59.8 Å². The van der Waals surface area contributed by atoms with Gasteiger partial charge in [-0.2, -0.15) is 0 Å². The highest BCUT2D eigenvalue weighted by Gasteiger charge is 2.44. The van der Waals surface area contributed by atoms with E-state index in [1.165, 1.54) is 9.80 Å². The van der Waals surface area contributed by atoms with Crippen LogP contribution in [0.25, 0.3) is 5.76 Å². The fourth-order valence-corrected chi connectivity index (χ4v) is 4.70. The molecule has 0 aliphatic carbocycles. The van der Waals surface area contributed by atoms with E-state index < -0.39 is 23.5 Å². The van der Waals surface area contributed by atoms with E-state index >= 15 is 0 Å². The van der Waals surface area contributed by atoms with Crippen molar-refractivity contribution in [2.24, 2.45) is 0 Å². The molecule has 0 bridgehead atoms. The van der Waals surface area contributed by atoms with Crippen LogP contribution in [-0.4, -0.2) is 62.6 Å². The second-order valence-corrected chi connectivity index (χ2v) is 9.45. The quantitative estimate of drug-likeness (QED) is 0.328. The highest BCUT2D eigenvalue weighted by Crippen LogP contribution is 2.40. The summed E-state index contributed by atoms with van der Waals surface area (Å²) in [6.07, 6.45) is 0.864. The number of nitrogens with zero attached hydrogens (tertiary/aromatic N) is 1. The Labute approximate surface area is 214 Å². The van der Waals surface area contributed by atoms with Crippen LogP contribution in [-0.2, 0) is 14.3 Å². The standard InChI is InChI=1S/C26H28Cl2N2O5/c1-2-13-35-19-6-3-17(4-7-19)24(31)22-23(18-5-8-20(27)21(28)16-18)30(26(33)25(22)32)10-9-29-11-14-34-15-12-29/h3-8,16,23,31H,2,9-15H2,1H3/b24-22+. The number of ether oxygens (including phenoxy) is 2. The molecule has 9 heteroatoms. The smallest absolute Gasteiger partial charge is 0.295 e. The Morgan fingerprint density at radius 1 is 1.11 bits per heavy atom. The fourth-order valence-electron chi connectivity index (χ4n) is 4.40. The van der Waals surface area contributed by atoms with Gasteiger partial charge in [-0.1, -0.05) is 54.1 Å². The molecule has 1 N–H and O–H groups in total. The molecule has 0 spiro atoms. The third-order valence-electron chi connectivity index (χ3n) is 6.28. The minimum Gasteiger partial charge on any atom is -0.872 e. The normalized spacial score (nSPS) is 20.4. The molecule has 2 aromatic carbocycles. The summed E-state index contributed by atoms with van der Waals surface area (Å²) >= 11 is 12.4. The van der Waals surface area contributed by atoms with Gasteiger partial charge >= 0.3 is 0 Å². The van der Waals surface area contributed by atoms with E-state index in [9.17, 15) is 14.7 Å². The van der Waals surface area contributed by atoms with Crippen molar-refractivity contribution in [3.63, 3.8) is 0 Å². The van der Waals surface area contributed by atoms with Crippen molar-refractivity contribution in [3.8, 4) is 5.75 Å². The number of quaternary nitrogens is 1. The topological polar surface area (TPSA) is 83.3 Å². The molecule has 1 amide bonds. The summed E-state index contributed by atoms with van der Waals surface area (Å²) in [5.74, 6) is -1.31. The first-order valence-electron chi connectivity index (χ1n) is 11.8. The second kappa shape index (κ2) is 11.4. The van der Waals surface area contributed by atoms with Crippen molar-refractivity contribution < 1.29 is 29.1 Å². The zero-order valence-electron chi connectivity index (χ0n) is 19.5. The molecule has 0 radical (unpaired) electrons. The van der Waals surface area contributed by atoms with Gasteiger partial charge in [0.2, 0.25) is 5.78 Å². The van der Waals surface area contributed by atoms with E-state index in [0.717, 1.165) is 19.5 Å². The molecule has 0 aromatic heterocycles. The van der Waals surface area contributed by atoms with Gasteiger partial charge < -0.3 is 24.4 Å². The number of rotatable bonds is 8. The molecule has 2 aliphatic rings. The van der Waals surface area contributed by atoms with Gasteiger partial charge in [0.05, 0.1) is 49.0 Å². The number of hydrogen-bond acceptors (Lipinski definition) is 5. The second-order valence-electron chi connectivity index (χ2n) is 8.63. The Morgan fingerprint density at radius 2 is 1.83 bits per heavy atom. The first kappa shape index (κ1) is 25.5. The summed E-state index contributed by atoms with van der Waals surface area (Å²) in [6.45, 7) is 6.52. The number of carbonyl (C=O) groups is 2. The molecular weight excluding hydrogens is 491 g/mol. The number of nitrogens with one attached hydrogen (secondary N) is 1. The van der Waals surface area contributed by atoms with Crippen LogP contribution in [0, 0.1) is 0 Å². The van der Waals surface area contributed by atoms with Crippen LogP contribution in [0.4, 0.5) is 0 Å². The lowest BCUT2D eigenvalue weighted by Gasteiger charge is -2.30. The molecule has 2 saturated heterocycles. The predicted octanol–water partition coefficient (Wildman–Crippen LogP) is 1.92. The summed E-state index contributed by atoms with van der Waals surface area (Å²) in [7, 11) is 0. The maximum atomic E-state index is 13.6. The lowest BCUT2D eigenvalue weighted by atomic mass is 9.95. The molecule has 7 nitrogen and oxygen atoms in total. The van der Waals surface area contributed by atoms with Gasteiger partial charge in [-0.3, -0.25) is 9.59 Å². The molecule has 2 aromatic rings. The Morgan fingerprint density at radius 3 is 2.49 bits per heavy atom. The van der Waals surface area contributed by atoms with Gasteiger partial charge in [0, 0.05) is 5.57 Å². The molecular formula is C26H28Cl2N2O5. The summed E-state index contributed by atoms with van der Waals surface area (Å²) in [5, 5.41) is 14.2. The third kappa shape index (κ3) is 5.64. The molecule has 35 heavy (non-hydrogen) atoms. The number of carbonyl (C=O) groups excluding carboxylic acids is 2. The van der Waals surface area contributed by atoms with Crippen LogP contribution in [0.5, 0.6) is 5.75 Å². The number of benzene rings is 2. The van der Waals surface area contributed by atoms with E-state index in [1.54, 1.807) is 42.5 Å². The Hall–Kier alpha value is -2.58. The number of ketones is 1. The van der Waals surface area contributed by atoms with Crippen molar-refractivity contribution in [3.05, 3.63) is 69.2 Å². The molecule has 2 heterocycles. The Bertz CT molecular complexity index is 1110. The predicted molar refractivity (Wildman–Crippen MR) is 131 cm³/mol. The SMILES string of the molecule is CCCOc1ccc(/C([O-])=C2\C(=O)C(=O)N(CC[NH+]3CCOCC3)C2c2ccc(Cl)c(Cl)c2)cc1. The van der Waals surface area contributed by atoms with Crippen molar-refractivity contribution in [2.45, 2.75) is 19.4 Å². The largest absolute Gasteiger partial charge is 0.872 e. The van der Waals surface area contributed by atoms with Gasteiger partial charge in [-0.25, -0.2) is 0 Å². The fraction of sp³-hybridized carbons (Fsp3) is 0.385. The minimum atomic E-state index is -0.839. The van der Waals surface area contributed by atoms with Gasteiger partial charge in [0.1, 0.15) is 18.8 Å². The highest BCUT2D eigenvalue weighted by molar-refractivity contribution is 6.46. The van der Waals surface area contributed by atoms with Gasteiger partial charge in [0.15, 0.2) is 0 Å². The zero-order valence-corrected chi connectivity index (χ0v) is 21.0. The Kier molecular flexibility index (Phi) is 8.34. The number of likely N-dealkylation sites (tertiary alicyclic amines) is 1. The average Bonchev–Trinajstić information content (AvgIpc) is 3.13. The van der Waals surface area contributed by atoms with Crippen LogP contribution in [0.1, 0.15) is 30.5 Å². The average molecular weight is 519 g/mol. The monoisotopic (exact) mass is 518 g/mol. The van der Waals surface area contributed by atoms with E-state index in [-0.39, 0.29) is 5.57 Å². The lowest BCUT2D eigenvalue weighted by molar-refractivity contribution is -0.907. The number of Topliss-reactive ketones (excluding diaryl/α,β-unsaturated/α-hetero) is 1. The van der Waals surface area contributed by atoms with Crippen molar-refractivity contribution in [2.75, 3.05) is 46.0 Å². The summed E-state index contributed by atoms with van der Waals surface area (Å²) in [5.41, 5.74) is 0.810. The first-order valence-corrected chi connectivity index (χ1v) is 12.5. The maximum absolute atomic E-state index is 13.6. The molecule has 4 rings (SSSR count). The molecule has 2 fully saturated rings. The van der Waals surface area contributed by atoms with E-state index in [4.69, 9.17) is 32.7 Å². The summed E-state index contributed by atoms with van der Waals surface area (Å²) < 4.78 is 11.0. The van der Waals surface area contributed by atoms with Gasteiger partial charge in [-0.15, -0.1) is 0 Å². The zero-order chi connectivity index (χ0) is 24.9. The molecule has 1 unspecified atom stereocenters. The summed E-state index contributed by atoms with van der Waals surface area (Å²) in [6, 6.07) is 10.7. The van der Waals surface area contributed by atoms with Crippen LogP contribution in [0.15, 0.2) is 48.0 Å². The molecule has 186 valence electrons. The maximum Gasteiger partial charge on any atom is 0.295 e. The molecule has 1 atom stereocenters. The highest BCUT2D eigenvalue weighted by atomic mass is 35.5. The van der Waals surface area contributed by atoms with E-state index in [1.807, 2.05) is 6.92 Å². The van der Waals surface area contributed by atoms with Crippen molar-refractivity contribution >= 4 is 40.7 Å². The summed E-state index contributed by atoms with van der Waals surface area (Å²) in [4.78, 5) is 29.1. The van der Waals surface area contributed by atoms with Crippen LogP contribution in [0.3, 0.4) is 0 Å². The van der Waals surface area contributed by atoms with Gasteiger partial charge in [0.25, 0.3) is 5.91 Å². The number of hydrogen-bond donors (Lipinski definition) is 1. The molecule has 2 aliphatic heterocycles. The Balaban J connectivity index is 1.70. The molecule has 0 saturated carbocycles. The third-order valence-corrected chi connectivity index (χ3v) is 7.02. The number of amides is 1. The first-order chi connectivity index (χ1) is 16.9. The van der Waals surface area contributed by atoms with Crippen LogP contribution >= 0.6 is 23.2 Å². The number of morpholine rings is 1. The van der Waals surface area contributed by atoms with Crippen molar-refractivity contribution in [1.29, 1.82) is 0 Å². The lowest BCUT2D eigenvalue weighted by Crippen LogP contribution is -3.14. The minimum absolute atomic E-state index is 0.0763. The van der Waals surface area contributed by atoms with Crippen molar-refractivity contribution in [1.82, 2.24) is 4.90 Å². The van der Waals surface area contributed by atoms with E-state index in [2.05, 4.69) is 0 Å². The van der Waals surface area contributed by atoms with Crippen LogP contribution < -0.4 is 14.7 Å². The number of halogens is 2.